The van der Waals surface area contributed by atoms with Crippen molar-refractivity contribution in [1.82, 2.24) is 9.80 Å². The first-order valence-corrected chi connectivity index (χ1v) is 6.64. The zero-order chi connectivity index (χ0) is 13.6. The van der Waals surface area contributed by atoms with Crippen LogP contribution in [0.5, 0.6) is 0 Å². The van der Waals surface area contributed by atoms with E-state index < -0.39 is 5.97 Å². The molecule has 0 aromatic rings. The van der Waals surface area contributed by atoms with Crippen molar-refractivity contribution in [1.29, 1.82) is 0 Å². The van der Waals surface area contributed by atoms with Crippen LogP contribution in [-0.4, -0.2) is 72.9 Å². The van der Waals surface area contributed by atoms with Gasteiger partial charge in [-0.05, 0) is 33.2 Å². The van der Waals surface area contributed by atoms with E-state index in [0.29, 0.717) is 0 Å². The minimum Gasteiger partial charge on any atom is -0.480 e. The van der Waals surface area contributed by atoms with E-state index >= 15 is 0 Å². The lowest BCUT2D eigenvalue weighted by Gasteiger charge is -2.27. The molecule has 5 nitrogen and oxygen atoms in total. The Hall–Kier alpha value is -0.650. The Labute approximate surface area is 110 Å². The summed E-state index contributed by atoms with van der Waals surface area (Å²) in [5, 5.41) is 8.79. The molecular weight excluding hydrogens is 232 g/mol. The number of carbonyl (C=O) groups is 1. The van der Waals surface area contributed by atoms with Gasteiger partial charge in [0, 0.05) is 33.3 Å². The van der Waals surface area contributed by atoms with Crippen LogP contribution in [0, 0.1) is 0 Å². The van der Waals surface area contributed by atoms with Crippen molar-refractivity contribution in [3.8, 4) is 0 Å². The molecule has 1 saturated heterocycles. The summed E-state index contributed by atoms with van der Waals surface area (Å²) in [6.07, 6.45) is 2.04. The van der Waals surface area contributed by atoms with Gasteiger partial charge in [0.2, 0.25) is 0 Å². The van der Waals surface area contributed by atoms with Crippen LogP contribution >= 0.6 is 0 Å². The third kappa shape index (κ3) is 5.80. The number of carboxylic acids is 1. The fraction of sp³-hybridized carbons (Fsp3) is 0.923. The molecule has 0 unspecified atom stereocenters. The van der Waals surface area contributed by atoms with E-state index in [1.807, 2.05) is 4.90 Å². The Morgan fingerprint density at radius 3 is 2.44 bits per heavy atom. The molecule has 1 heterocycles. The molecule has 0 saturated carbocycles. The molecule has 5 heteroatoms. The van der Waals surface area contributed by atoms with Crippen LogP contribution in [0.15, 0.2) is 0 Å². The van der Waals surface area contributed by atoms with Crippen molar-refractivity contribution < 1.29 is 14.6 Å². The molecule has 0 spiro atoms. The summed E-state index contributed by atoms with van der Waals surface area (Å²) in [6, 6.07) is 0. The number of carboxylic acid groups (broad SMARTS) is 1. The maximum atomic E-state index is 10.7. The van der Waals surface area contributed by atoms with Crippen molar-refractivity contribution in [2.75, 3.05) is 46.4 Å². The van der Waals surface area contributed by atoms with Crippen molar-refractivity contribution in [3.63, 3.8) is 0 Å². The zero-order valence-electron chi connectivity index (χ0n) is 11.8. The second kappa shape index (κ2) is 7.07. The smallest absolute Gasteiger partial charge is 0.317 e. The molecule has 106 valence electrons. The average Bonchev–Trinajstić information content (AvgIpc) is 2.51. The number of hydrogen-bond acceptors (Lipinski definition) is 4. The van der Waals surface area contributed by atoms with Gasteiger partial charge in [0.1, 0.15) is 0 Å². The second-order valence-corrected chi connectivity index (χ2v) is 5.58. The molecular formula is C13H26N2O3. The predicted molar refractivity (Wildman–Crippen MR) is 70.8 cm³/mol. The molecule has 1 aliphatic heterocycles. The molecule has 0 atom stereocenters. The van der Waals surface area contributed by atoms with E-state index in [9.17, 15) is 4.79 Å². The van der Waals surface area contributed by atoms with Crippen LogP contribution in [0.4, 0.5) is 0 Å². The highest BCUT2D eigenvalue weighted by Crippen LogP contribution is 2.14. The molecule has 1 rings (SSSR count). The quantitative estimate of drug-likeness (QED) is 0.767. The lowest BCUT2D eigenvalue weighted by Crippen LogP contribution is -2.36. The summed E-state index contributed by atoms with van der Waals surface area (Å²) in [7, 11) is 1.75. The Morgan fingerprint density at radius 2 is 1.83 bits per heavy atom. The van der Waals surface area contributed by atoms with Crippen molar-refractivity contribution in [2.24, 2.45) is 0 Å². The Balaban J connectivity index is 2.31. The van der Waals surface area contributed by atoms with Gasteiger partial charge in [0.05, 0.1) is 12.1 Å². The topological polar surface area (TPSA) is 53.0 Å². The highest BCUT2D eigenvalue weighted by Gasteiger charge is 2.20. The van der Waals surface area contributed by atoms with Gasteiger partial charge >= 0.3 is 5.97 Å². The highest BCUT2D eigenvalue weighted by molar-refractivity contribution is 5.69. The molecule has 0 aliphatic carbocycles. The van der Waals surface area contributed by atoms with E-state index in [1.165, 1.54) is 0 Å². The van der Waals surface area contributed by atoms with Crippen molar-refractivity contribution in [2.45, 2.75) is 32.3 Å². The molecule has 1 aliphatic rings. The van der Waals surface area contributed by atoms with E-state index in [0.717, 1.165) is 45.6 Å². The highest BCUT2D eigenvalue weighted by atomic mass is 16.5. The van der Waals surface area contributed by atoms with E-state index in [4.69, 9.17) is 9.84 Å². The number of methoxy groups -OCH3 is 1. The predicted octanol–water partition coefficient (Wildman–Crippen LogP) is 0.894. The lowest BCUT2D eigenvalue weighted by molar-refractivity contribution is -0.138. The number of nitrogens with zero attached hydrogens (tertiary/aromatic N) is 2. The number of rotatable bonds is 6. The Kier molecular flexibility index (Phi) is 6.05. The summed E-state index contributed by atoms with van der Waals surface area (Å²) in [4.78, 5) is 15.1. The first kappa shape index (κ1) is 15.4. The van der Waals surface area contributed by atoms with E-state index in [-0.39, 0.29) is 12.1 Å². The first-order chi connectivity index (χ1) is 8.43. The van der Waals surface area contributed by atoms with Crippen LogP contribution in [0.3, 0.4) is 0 Å². The van der Waals surface area contributed by atoms with Gasteiger partial charge in [0.25, 0.3) is 0 Å². The van der Waals surface area contributed by atoms with Gasteiger partial charge < -0.3 is 14.7 Å². The molecule has 1 N–H and O–H groups in total. The molecule has 0 radical (unpaired) electrons. The maximum absolute atomic E-state index is 10.7. The molecule has 1 fully saturated rings. The number of aliphatic carboxylic acids is 1. The minimum absolute atomic E-state index is 0.0763. The van der Waals surface area contributed by atoms with Crippen LogP contribution in [0.25, 0.3) is 0 Å². The lowest BCUT2D eigenvalue weighted by atomic mass is 10.1. The van der Waals surface area contributed by atoms with Gasteiger partial charge in [-0.25, -0.2) is 0 Å². The summed E-state index contributed by atoms with van der Waals surface area (Å²) >= 11 is 0. The normalized spacial score (nSPS) is 19.7. The van der Waals surface area contributed by atoms with Gasteiger partial charge in [-0.2, -0.15) is 0 Å². The Bertz CT molecular complexity index is 269. The zero-order valence-corrected chi connectivity index (χ0v) is 11.8. The van der Waals surface area contributed by atoms with Gasteiger partial charge in [-0.3, -0.25) is 9.69 Å². The molecule has 0 amide bonds. The molecule has 0 aromatic heterocycles. The third-order valence-corrected chi connectivity index (χ3v) is 3.62. The second-order valence-electron chi connectivity index (χ2n) is 5.58. The number of ether oxygens (including phenoxy) is 1. The van der Waals surface area contributed by atoms with Crippen molar-refractivity contribution in [3.05, 3.63) is 0 Å². The standard InChI is InChI=1S/C13H26N2O3/c1-13(2,18-3)5-8-14-6-4-7-15(10-9-14)11-12(16)17/h4-11H2,1-3H3,(H,16,17). The van der Waals surface area contributed by atoms with Crippen LogP contribution in [0.2, 0.25) is 0 Å². The Morgan fingerprint density at radius 1 is 1.22 bits per heavy atom. The van der Waals surface area contributed by atoms with Crippen LogP contribution in [0.1, 0.15) is 26.7 Å². The summed E-state index contributed by atoms with van der Waals surface area (Å²) in [5.41, 5.74) is -0.0763. The summed E-state index contributed by atoms with van der Waals surface area (Å²) in [6.45, 7) is 9.11. The molecule has 0 bridgehead atoms. The van der Waals surface area contributed by atoms with Gasteiger partial charge in [-0.1, -0.05) is 0 Å². The third-order valence-electron chi connectivity index (χ3n) is 3.62. The van der Waals surface area contributed by atoms with Crippen LogP contribution in [-0.2, 0) is 9.53 Å². The fourth-order valence-electron chi connectivity index (χ4n) is 2.13. The SMILES string of the molecule is COC(C)(C)CCN1CCCN(CC(=O)O)CC1. The maximum Gasteiger partial charge on any atom is 0.317 e. The fourth-order valence-corrected chi connectivity index (χ4v) is 2.13. The average molecular weight is 258 g/mol. The largest absolute Gasteiger partial charge is 0.480 e. The minimum atomic E-state index is -0.732. The van der Waals surface area contributed by atoms with E-state index in [1.54, 1.807) is 7.11 Å². The monoisotopic (exact) mass is 258 g/mol. The van der Waals surface area contributed by atoms with Gasteiger partial charge in [0.15, 0.2) is 0 Å². The number of hydrogen-bond donors (Lipinski definition) is 1. The van der Waals surface area contributed by atoms with E-state index in [2.05, 4.69) is 18.7 Å². The molecule has 0 aromatic carbocycles. The van der Waals surface area contributed by atoms with Crippen LogP contribution < -0.4 is 0 Å². The van der Waals surface area contributed by atoms with Crippen molar-refractivity contribution >= 4 is 5.97 Å². The summed E-state index contributed by atoms with van der Waals surface area (Å²) in [5.74, 6) is -0.732. The molecule has 18 heavy (non-hydrogen) atoms. The summed E-state index contributed by atoms with van der Waals surface area (Å²) < 4.78 is 5.42. The first-order valence-electron chi connectivity index (χ1n) is 6.64. The van der Waals surface area contributed by atoms with Gasteiger partial charge in [-0.15, -0.1) is 0 Å².